The van der Waals surface area contributed by atoms with E-state index in [9.17, 15) is 13.2 Å². The van der Waals surface area contributed by atoms with Crippen LogP contribution in [0.2, 0.25) is 0 Å². The van der Waals surface area contributed by atoms with Crippen molar-refractivity contribution in [3.05, 3.63) is 24.4 Å². The fourth-order valence-corrected chi connectivity index (χ4v) is 4.00. The van der Waals surface area contributed by atoms with Gasteiger partial charge in [0.1, 0.15) is 0 Å². The number of nitrogens with one attached hydrogen (secondary N) is 2. The molecule has 1 aromatic carbocycles. The number of benzene rings is 1. The fraction of sp³-hybridized carbons (Fsp3) is 0.333. The van der Waals surface area contributed by atoms with Gasteiger partial charge in [-0.2, -0.15) is 5.10 Å². The number of rotatable bonds is 2. The standard InChI is InChI=1S/C12H13N3O3S/c16-12(9-3-4-19(17,18)7-9)14-10-2-1-8-6-13-15-11(8)5-10/h1-2,5-6,9H,3-4,7H2,(H,13,15)(H,14,16). The lowest BCUT2D eigenvalue weighted by Crippen LogP contribution is -2.23. The van der Waals surface area contributed by atoms with Crippen LogP contribution in [0.3, 0.4) is 0 Å². The smallest absolute Gasteiger partial charge is 0.228 e. The summed E-state index contributed by atoms with van der Waals surface area (Å²) in [5, 5.41) is 10.4. The van der Waals surface area contributed by atoms with Gasteiger partial charge in [0.25, 0.3) is 0 Å². The highest BCUT2D eigenvalue weighted by Crippen LogP contribution is 2.22. The van der Waals surface area contributed by atoms with Crippen LogP contribution >= 0.6 is 0 Å². The molecule has 1 aliphatic rings. The van der Waals surface area contributed by atoms with Gasteiger partial charge in [0, 0.05) is 11.1 Å². The van der Waals surface area contributed by atoms with Gasteiger partial charge in [-0.1, -0.05) is 0 Å². The molecule has 0 spiro atoms. The van der Waals surface area contributed by atoms with E-state index in [1.54, 1.807) is 18.3 Å². The van der Waals surface area contributed by atoms with Crippen LogP contribution in [-0.2, 0) is 14.6 Å². The predicted octanol–water partition coefficient (Wildman–Crippen LogP) is 0.936. The van der Waals surface area contributed by atoms with E-state index in [0.29, 0.717) is 12.1 Å². The SMILES string of the molecule is O=C(Nc1ccc2cn[nH]c2c1)C1CCS(=O)(=O)C1. The molecule has 3 rings (SSSR count). The first kappa shape index (κ1) is 12.2. The van der Waals surface area contributed by atoms with Crippen LogP contribution in [0.15, 0.2) is 24.4 Å². The minimum atomic E-state index is -3.04. The Morgan fingerprint density at radius 3 is 3.00 bits per heavy atom. The third-order valence-electron chi connectivity index (χ3n) is 3.31. The van der Waals surface area contributed by atoms with Crippen LogP contribution in [0.4, 0.5) is 5.69 Å². The largest absolute Gasteiger partial charge is 0.326 e. The molecule has 0 saturated carbocycles. The first-order valence-corrected chi connectivity index (χ1v) is 7.80. The maximum Gasteiger partial charge on any atom is 0.228 e. The molecule has 2 aromatic rings. The molecule has 1 fully saturated rings. The van der Waals surface area contributed by atoms with E-state index in [1.165, 1.54) is 0 Å². The predicted molar refractivity (Wildman–Crippen MR) is 71.5 cm³/mol. The van der Waals surface area contributed by atoms with Crippen LogP contribution in [-0.4, -0.2) is 36.0 Å². The van der Waals surface area contributed by atoms with Crippen LogP contribution in [0.25, 0.3) is 10.9 Å². The summed E-state index contributed by atoms with van der Waals surface area (Å²) in [6.07, 6.45) is 2.10. The van der Waals surface area contributed by atoms with Crippen molar-refractivity contribution in [2.24, 2.45) is 5.92 Å². The number of anilines is 1. The molecule has 6 nitrogen and oxygen atoms in total. The van der Waals surface area contributed by atoms with Gasteiger partial charge in [-0.3, -0.25) is 9.89 Å². The van der Waals surface area contributed by atoms with Crippen LogP contribution in [0, 0.1) is 5.92 Å². The Balaban J connectivity index is 1.75. The summed E-state index contributed by atoms with van der Waals surface area (Å²) in [7, 11) is -3.04. The molecule has 1 aromatic heterocycles. The summed E-state index contributed by atoms with van der Waals surface area (Å²) in [6, 6.07) is 5.41. The Morgan fingerprint density at radius 1 is 1.42 bits per heavy atom. The van der Waals surface area contributed by atoms with E-state index in [1.807, 2.05) is 6.07 Å². The zero-order chi connectivity index (χ0) is 13.5. The van der Waals surface area contributed by atoms with Crippen molar-refractivity contribution in [1.82, 2.24) is 10.2 Å². The third kappa shape index (κ3) is 2.46. The third-order valence-corrected chi connectivity index (χ3v) is 5.08. The number of aromatic amines is 1. The molecule has 7 heteroatoms. The molecule has 2 N–H and O–H groups in total. The van der Waals surface area contributed by atoms with Crippen molar-refractivity contribution in [3.63, 3.8) is 0 Å². The quantitative estimate of drug-likeness (QED) is 0.855. The summed E-state index contributed by atoms with van der Waals surface area (Å²) >= 11 is 0. The molecule has 100 valence electrons. The second-order valence-corrected chi connectivity index (χ2v) is 6.99. The molecule has 0 radical (unpaired) electrons. The molecular formula is C12H13N3O3S. The maximum absolute atomic E-state index is 12.0. The van der Waals surface area contributed by atoms with E-state index in [0.717, 1.165) is 10.9 Å². The van der Waals surface area contributed by atoms with Gasteiger partial charge < -0.3 is 5.32 Å². The van der Waals surface area contributed by atoms with E-state index in [4.69, 9.17) is 0 Å². The second kappa shape index (κ2) is 4.34. The molecule has 1 unspecified atom stereocenters. The van der Waals surface area contributed by atoms with Gasteiger partial charge in [0.05, 0.1) is 29.1 Å². The molecular weight excluding hydrogens is 266 g/mol. The Labute approximate surface area is 110 Å². The number of carbonyl (C=O) groups is 1. The van der Waals surface area contributed by atoms with Crippen molar-refractivity contribution in [2.75, 3.05) is 16.8 Å². The Morgan fingerprint density at radius 2 is 2.26 bits per heavy atom. The number of hydrogen-bond donors (Lipinski definition) is 2. The molecule has 19 heavy (non-hydrogen) atoms. The van der Waals surface area contributed by atoms with Crippen molar-refractivity contribution >= 4 is 32.3 Å². The number of hydrogen-bond acceptors (Lipinski definition) is 4. The minimum Gasteiger partial charge on any atom is -0.326 e. The highest BCUT2D eigenvalue weighted by atomic mass is 32.2. The number of carbonyl (C=O) groups excluding carboxylic acids is 1. The zero-order valence-electron chi connectivity index (χ0n) is 10.1. The van der Waals surface area contributed by atoms with E-state index >= 15 is 0 Å². The number of nitrogens with zero attached hydrogens (tertiary/aromatic N) is 1. The first-order valence-electron chi connectivity index (χ1n) is 5.98. The van der Waals surface area contributed by atoms with Crippen LogP contribution < -0.4 is 5.32 Å². The van der Waals surface area contributed by atoms with E-state index in [-0.39, 0.29) is 17.4 Å². The average molecular weight is 279 g/mol. The Bertz CT molecular complexity index is 736. The fourth-order valence-electron chi connectivity index (χ4n) is 2.26. The minimum absolute atomic E-state index is 0.0505. The van der Waals surface area contributed by atoms with E-state index in [2.05, 4.69) is 15.5 Å². The molecule has 2 heterocycles. The zero-order valence-corrected chi connectivity index (χ0v) is 10.9. The average Bonchev–Trinajstić information content (AvgIpc) is 2.94. The lowest BCUT2D eigenvalue weighted by atomic mass is 10.1. The van der Waals surface area contributed by atoms with Gasteiger partial charge in [-0.25, -0.2) is 8.42 Å². The summed E-state index contributed by atoms with van der Waals surface area (Å²) in [5.41, 5.74) is 1.47. The van der Waals surface area contributed by atoms with Gasteiger partial charge >= 0.3 is 0 Å². The highest BCUT2D eigenvalue weighted by molar-refractivity contribution is 7.91. The molecule has 0 bridgehead atoms. The maximum atomic E-state index is 12.0. The molecule has 0 aliphatic carbocycles. The molecule has 1 amide bonds. The lowest BCUT2D eigenvalue weighted by molar-refractivity contribution is -0.119. The van der Waals surface area contributed by atoms with Gasteiger partial charge in [-0.05, 0) is 24.6 Å². The number of sulfone groups is 1. The summed E-state index contributed by atoms with van der Waals surface area (Å²) in [6.45, 7) is 0. The summed E-state index contributed by atoms with van der Waals surface area (Å²) < 4.78 is 22.7. The number of amides is 1. The number of H-pyrrole nitrogens is 1. The second-order valence-electron chi connectivity index (χ2n) is 4.76. The van der Waals surface area contributed by atoms with E-state index < -0.39 is 15.8 Å². The molecule has 1 saturated heterocycles. The summed E-state index contributed by atoms with van der Waals surface area (Å²) in [5.74, 6) is -0.627. The van der Waals surface area contributed by atoms with Crippen molar-refractivity contribution < 1.29 is 13.2 Å². The van der Waals surface area contributed by atoms with Crippen LogP contribution in [0.5, 0.6) is 0 Å². The topological polar surface area (TPSA) is 91.9 Å². The Hall–Kier alpha value is -1.89. The normalized spacial score (nSPS) is 21.6. The first-order chi connectivity index (χ1) is 9.03. The van der Waals surface area contributed by atoms with Gasteiger partial charge in [0.2, 0.25) is 5.91 Å². The van der Waals surface area contributed by atoms with Gasteiger partial charge in [0.15, 0.2) is 9.84 Å². The summed E-state index contributed by atoms with van der Waals surface area (Å²) in [4.78, 5) is 12.0. The van der Waals surface area contributed by atoms with Crippen molar-refractivity contribution in [2.45, 2.75) is 6.42 Å². The lowest BCUT2D eigenvalue weighted by Gasteiger charge is -2.09. The Kier molecular flexibility index (Phi) is 2.78. The molecule has 1 aliphatic heterocycles. The van der Waals surface area contributed by atoms with Crippen LogP contribution in [0.1, 0.15) is 6.42 Å². The van der Waals surface area contributed by atoms with Crippen molar-refractivity contribution in [1.29, 1.82) is 0 Å². The van der Waals surface area contributed by atoms with Gasteiger partial charge in [-0.15, -0.1) is 0 Å². The molecule has 1 atom stereocenters. The highest BCUT2D eigenvalue weighted by Gasteiger charge is 2.32. The van der Waals surface area contributed by atoms with Crippen molar-refractivity contribution in [3.8, 4) is 0 Å². The monoisotopic (exact) mass is 279 g/mol. The number of aromatic nitrogens is 2. The number of fused-ring (bicyclic) bond motifs is 1.